The Morgan fingerprint density at radius 3 is 1.84 bits per heavy atom. The van der Waals surface area contributed by atoms with Crippen LogP contribution in [-0.2, 0) is 4.74 Å². The predicted octanol–water partition coefficient (Wildman–Crippen LogP) is 5.37. The Bertz CT molecular complexity index is 747. The van der Waals surface area contributed by atoms with Crippen molar-refractivity contribution >= 4 is 44.7 Å². The fraction of sp³-hybridized carbons (Fsp3) is 0.125. The third-order valence-corrected chi connectivity index (χ3v) is 4.29. The van der Waals surface area contributed by atoms with Gasteiger partial charge in [-0.25, -0.2) is 0 Å². The first-order valence-electron chi connectivity index (χ1n) is 6.16. The first-order valence-corrected chi connectivity index (χ1v) is 6.92. The van der Waals surface area contributed by atoms with Crippen molar-refractivity contribution < 1.29 is 4.74 Å². The average Bonchev–Trinajstić information content (AvgIpc) is 3.22. The molecule has 3 heteroatoms. The second-order valence-corrected chi connectivity index (χ2v) is 5.60. The van der Waals surface area contributed by atoms with Gasteiger partial charge in [0.25, 0.3) is 0 Å². The average molecular weight is 289 g/mol. The van der Waals surface area contributed by atoms with Crippen molar-refractivity contribution in [3.05, 3.63) is 58.1 Å². The van der Waals surface area contributed by atoms with Crippen LogP contribution in [0.1, 0.15) is 11.7 Å². The topological polar surface area (TPSA) is 12.5 Å². The van der Waals surface area contributed by atoms with Crippen LogP contribution >= 0.6 is 23.2 Å². The molecule has 0 radical (unpaired) electrons. The van der Waals surface area contributed by atoms with Gasteiger partial charge in [0.2, 0.25) is 0 Å². The zero-order valence-electron chi connectivity index (χ0n) is 9.99. The van der Waals surface area contributed by atoms with Crippen molar-refractivity contribution in [2.75, 3.05) is 6.61 Å². The second kappa shape index (κ2) is 4.11. The minimum atomic E-state index is 0.170. The summed E-state index contributed by atoms with van der Waals surface area (Å²) < 4.78 is 5.50. The van der Waals surface area contributed by atoms with Gasteiger partial charge in [-0.3, -0.25) is 0 Å². The Hall–Kier alpha value is -1.28. The van der Waals surface area contributed by atoms with Crippen molar-refractivity contribution in [3.63, 3.8) is 0 Å². The number of ether oxygens (including phenoxy) is 1. The van der Waals surface area contributed by atoms with Gasteiger partial charge in [-0.05, 0) is 34.5 Å². The summed E-state index contributed by atoms with van der Waals surface area (Å²) in [6.07, 6.45) is 0.170. The Morgan fingerprint density at radius 1 is 0.842 bits per heavy atom. The summed E-state index contributed by atoms with van der Waals surface area (Å²) in [5.74, 6) is 0. The summed E-state index contributed by atoms with van der Waals surface area (Å²) >= 11 is 12.6. The highest BCUT2D eigenvalue weighted by Crippen LogP contribution is 2.43. The first kappa shape index (κ1) is 11.5. The molecule has 0 spiro atoms. The SMILES string of the molecule is Clc1cccc2c([C@H]3CO3)c3cccc(Cl)c3cc12. The van der Waals surface area contributed by atoms with Gasteiger partial charge in [0.15, 0.2) is 0 Å². The van der Waals surface area contributed by atoms with Crippen molar-refractivity contribution in [2.24, 2.45) is 0 Å². The van der Waals surface area contributed by atoms with E-state index in [9.17, 15) is 0 Å². The lowest BCUT2D eigenvalue weighted by Gasteiger charge is -2.11. The largest absolute Gasteiger partial charge is 0.368 e. The molecule has 3 aromatic rings. The summed E-state index contributed by atoms with van der Waals surface area (Å²) in [6, 6.07) is 14.0. The van der Waals surface area contributed by atoms with Crippen LogP contribution in [0.15, 0.2) is 42.5 Å². The number of fused-ring (bicyclic) bond motifs is 2. The van der Waals surface area contributed by atoms with Crippen LogP contribution in [0, 0.1) is 0 Å². The maximum Gasteiger partial charge on any atom is 0.107 e. The van der Waals surface area contributed by atoms with Gasteiger partial charge < -0.3 is 4.74 Å². The van der Waals surface area contributed by atoms with Crippen LogP contribution in [0.2, 0.25) is 10.0 Å². The minimum absolute atomic E-state index is 0.170. The number of benzene rings is 3. The van der Waals surface area contributed by atoms with Crippen LogP contribution in [0.5, 0.6) is 0 Å². The summed E-state index contributed by atoms with van der Waals surface area (Å²) in [6.45, 7) is 0.771. The zero-order chi connectivity index (χ0) is 13.0. The quantitative estimate of drug-likeness (QED) is 0.433. The lowest BCUT2D eigenvalue weighted by molar-refractivity contribution is 0.418. The predicted molar refractivity (Wildman–Crippen MR) is 80.2 cm³/mol. The highest BCUT2D eigenvalue weighted by Gasteiger charge is 2.29. The molecule has 1 aliphatic heterocycles. The monoisotopic (exact) mass is 288 g/mol. The fourth-order valence-corrected chi connectivity index (χ4v) is 3.15. The van der Waals surface area contributed by atoms with Gasteiger partial charge in [0.05, 0.1) is 6.61 Å². The molecule has 19 heavy (non-hydrogen) atoms. The zero-order valence-corrected chi connectivity index (χ0v) is 11.5. The second-order valence-electron chi connectivity index (χ2n) is 4.78. The first-order chi connectivity index (χ1) is 9.25. The van der Waals surface area contributed by atoms with Gasteiger partial charge in [-0.1, -0.05) is 47.5 Å². The molecule has 0 N–H and O–H groups in total. The number of hydrogen-bond acceptors (Lipinski definition) is 1. The number of epoxide rings is 1. The Kier molecular flexibility index (Phi) is 2.49. The van der Waals surface area contributed by atoms with Crippen LogP contribution in [0.3, 0.4) is 0 Å². The summed E-state index contributed by atoms with van der Waals surface area (Å²) in [5.41, 5.74) is 1.21. The molecule has 0 amide bonds. The highest BCUT2D eigenvalue weighted by atomic mass is 35.5. The molecule has 0 aliphatic carbocycles. The number of rotatable bonds is 1. The van der Waals surface area contributed by atoms with E-state index in [0.29, 0.717) is 0 Å². The molecule has 1 nitrogen and oxygen atoms in total. The molecular weight excluding hydrogens is 279 g/mol. The maximum atomic E-state index is 6.32. The number of halogens is 2. The van der Waals surface area contributed by atoms with Crippen LogP contribution < -0.4 is 0 Å². The molecule has 94 valence electrons. The molecule has 1 aliphatic rings. The molecule has 4 rings (SSSR count). The smallest absolute Gasteiger partial charge is 0.107 e. The van der Waals surface area contributed by atoms with Gasteiger partial charge in [0, 0.05) is 20.8 Å². The molecule has 0 bridgehead atoms. The van der Waals surface area contributed by atoms with Crippen molar-refractivity contribution in [1.29, 1.82) is 0 Å². The van der Waals surface area contributed by atoms with Gasteiger partial charge in [-0.15, -0.1) is 0 Å². The van der Waals surface area contributed by atoms with Gasteiger partial charge in [-0.2, -0.15) is 0 Å². The van der Waals surface area contributed by atoms with E-state index in [-0.39, 0.29) is 6.10 Å². The maximum absolute atomic E-state index is 6.32. The number of hydrogen-bond donors (Lipinski definition) is 0. The molecule has 1 atom stereocenters. The molecule has 1 fully saturated rings. The fourth-order valence-electron chi connectivity index (χ4n) is 2.69. The lowest BCUT2D eigenvalue weighted by atomic mass is 9.95. The molecule has 3 aromatic carbocycles. The third kappa shape index (κ3) is 1.73. The van der Waals surface area contributed by atoms with E-state index < -0.39 is 0 Å². The molecule has 1 heterocycles. The standard InChI is InChI=1S/C16H10Cl2O/c17-13-5-1-3-9-11(13)7-12-10(4-2-6-14(12)18)16(9)15-8-19-15/h1-7,15H,8H2/t15-/m1/s1. The molecular formula is C16H10Cl2O. The van der Waals surface area contributed by atoms with E-state index in [1.165, 1.54) is 5.56 Å². The molecule has 0 unspecified atom stereocenters. The normalized spacial score (nSPS) is 18.1. The summed E-state index contributed by atoms with van der Waals surface area (Å²) in [5, 5.41) is 5.89. The van der Waals surface area contributed by atoms with Gasteiger partial charge in [0.1, 0.15) is 6.10 Å². The van der Waals surface area contributed by atoms with Gasteiger partial charge >= 0.3 is 0 Å². The summed E-state index contributed by atoms with van der Waals surface area (Å²) in [7, 11) is 0. The van der Waals surface area contributed by atoms with Crippen LogP contribution in [0.25, 0.3) is 21.5 Å². The van der Waals surface area contributed by atoms with Crippen LogP contribution in [0.4, 0.5) is 0 Å². The van der Waals surface area contributed by atoms with E-state index in [1.54, 1.807) is 0 Å². The van der Waals surface area contributed by atoms with E-state index in [0.717, 1.165) is 38.2 Å². The van der Waals surface area contributed by atoms with Crippen molar-refractivity contribution in [1.82, 2.24) is 0 Å². The molecule has 0 aromatic heterocycles. The third-order valence-electron chi connectivity index (χ3n) is 3.63. The van der Waals surface area contributed by atoms with E-state index >= 15 is 0 Å². The Morgan fingerprint density at radius 2 is 1.37 bits per heavy atom. The molecule has 0 saturated carbocycles. The van der Waals surface area contributed by atoms with Crippen molar-refractivity contribution in [3.8, 4) is 0 Å². The van der Waals surface area contributed by atoms with E-state index in [1.807, 2.05) is 24.3 Å². The Balaban J connectivity index is 2.26. The summed E-state index contributed by atoms with van der Waals surface area (Å²) in [4.78, 5) is 0. The van der Waals surface area contributed by atoms with E-state index in [2.05, 4.69) is 18.2 Å². The Labute approximate surface area is 120 Å². The minimum Gasteiger partial charge on any atom is -0.368 e. The molecule has 1 saturated heterocycles. The highest BCUT2D eigenvalue weighted by molar-refractivity contribution is 6.38. The van der Waals surface area contributed by atoms with E-state index in [4.69, 9.17) is 27.9 Å². The lowest BCUT2D eigenvalue weighted by Crippen LogP contribution is -1.89. The van der Waals surface area contributed by atoms with Crippen LogP contribution in [-0.4, -0.2) is 6.61 Å². The van der Waals surface area contributed by atoms with Crippen molar-refractivity contribution in [2.45, 2.75) is 6.10 Å².